The van der Waals surface area contributed by atoms with Crippen LogP contribution in [-0.4, -0.2) is 25.8 Å². The van der Waals surface area contributed by atoms with Gasteiger partial charge in [0.1, 0.15) is 5.69 Å². The third-order valence-electron chi connectivity index (χ3n) is 7.31. The normalized spacial score (nSPS) is 29.9. The lowest BCUT2D eigenvalue weighted by Crippen LogP contribution is -2.49. The fourth-order valence-corrected chi connectivity index (χ4v) is 7.88. The highest BCUT2D eigenvalue weighted by Gasteiger charge is 2.51. The molecule has 1 amide bonds. The van der Waals surface area contributed by atoms with Gasteiger partial charge in [-0.1, -0.05) is 18.2 Å². The molecule has 6 heteroatoms. The molecule has 0 radical (unpaired) electrons. The van der Waals surface area contributed by atoms with Crippen LogP contribution < -0.4 is 10.9 Å². The Balaban J connectivity index is 1.30. The van der Waals surface area contributed by atoms with Crippen LogP contribution in [-0.2, 0) is 11.8 Å². The minimum atomic E-state index is -0.177. The zero-order chi connectivity index (χ0) is 20.2. The first kappa shape index (κ1) is 19.0. The second-order valence-corrected chi connectivity index (χ2v) is 10.8. The molecule has 0 saturated heterocycles. The molecule has 6 rings (SSSR count). The number of thioether (sulfide) groups is 1. The van der Waals surface area contributed by atoms with Gasteiger partial charge >= 0.3 is 0 Å². The van der Waals surface area contributed by atoms with Crippen LogP contribution in [0.15, 0.2) is 35.1 Å². The molecular weight excluding hydrogens is 382 g/mol. The van der Waals surface area contributed by atoms with E-state index in [0.717, 1.165) is 29.1 Å². The molecule has 5 nitrogen and oxygen atoms in total. The van der Waals surface area contributed by atoms with E-state index >= 15 is 0 Å². The summed E-state index contributed by atoms with van der Waals surface area (Å²) in [4.78, 5) is 25.8. The first-order chi connectivity index (χ1) is 13.9. The summed E-state index contributed by atoms with van der Waals surface area (Å²) in [6, 6.07) is 9.54. The number of para-hydroxylation sites is 1. The fourth-order valence-electron chi connectivity index (χ4n) is 6.31. The number of nitrogens with zero attached hydrogens (tertiary/aromatic N) is 2. The van der Waals surface area contributed by atoms with Gasteiger partial charge in [0.25, 0.3) is 5.56 Å². The van der Waals surface area contributed by atoms with Crippen molar-refractivity contribution in [1.29, 1.82) is 0 Å². The lowest BCUT2D eigenvalue weighted by atomic mass is 9.56. The van der Waals surface area contributed by atoms with E-state index in [2.05, 4.69) is 5.32 Å². The van der Waals surface area contributed by atoms with Gasteiger partial charge in [0.05, 0.1) is 17.1 Å². The summed E-state index contributed by atoms with van der Waals surface area (Å²) in [5.74, 6) is 3.02. The zero-order valence-electron chi connectivity index (χ0n) is 17.2. The van der Waals surface area contributed by atoms with Gasteiger partial charge in [-0.05, 0) is 75.3 Å². The van der Waals surface area contributed by atoms with Gasteiger partial charge in [0, 0.05) is 11.8 Å². The Bertz CT molecular complexity index is 956. The van der Waals surface area contributed by atoms with Crippen molar-refractivity contribution in [1.82, 2.24) is 9.36 Å². The molecule has 1 aromatic carbocycles. The van der Waals surface area contributed by atoms with Gasteiger partial charge in [0.2, 0.25) is 5.91 Å². The molecular formula is C23H29N3O2S. The van der Waals surface area contributed by atoms with E-state index in [1.807, 2.05) is 56.1 Å². The highest BCUT2D eigenvalue weighted by atomic mass is 32.2. The Morgan fingerprint density at radius 2 is 1.69 bits per heavy atom. The molecule has 1 aromatic heterocycles. The molecule has 2 aromatic rings. The number of benzene rings is 1. The molecule has 0 unspecified atom stereocenters. The Labute approximate surface area is 175 Å². The van der Waals surface area contributed by atoms with Crippen molar-refractivity contribution in [3.05, 3.63) is 46.4 Å². The predicted octanol–water partition coefficient (Wildman–Crippen LogP) is 4.12. The topological polar surface area (TPSA) is 56.0 Å². The third-order valence-corrected chi connectivity index (χ3v) is 8.83. The smallest absolute Gasteiger partial charge is 0.295 e. The van der Waals surface area contributed by atoms with Crippen LogP contribution in [0.2, 0.25) is 0 Å². The number of amides is 1. The molecule has 0 atom stereocenters. The maximum Gasteiger partial charge on any atom is 0.295 e. The first-order valence-electron chi connectivity index (χ1n) is 10.7. The van der Waals surface area contributed by atoms with Crippen molar-refractivity contribution in [2.45, 2.75) is 50.2 Å². The molecule has 4 fully saturated rings. The summed E-state index contributed by atoms with van der Waals surface area (Å²) >= 11 is 1.85. The number of carbonyl (C=O) groups is 1. The lowest BCUT2D eigenvalue weighted by Gasteiger charge is -2.56. The van der Waals surface area contributed by atoms with Crippen LogP contribution in [0.5, 0.6) is 0 Å². The molecule has 4 aliphatic carbocycles. The molecule has 0 spiro atoms. The largest absolute Gasteiger partial charge is 0.319 e. The van der Waals surface area contributed by atoms with E-state index < -0.39 is 0 Å². The van der Waals surface area contributed by atoms with Gasteiger partial charge in [-0.3, -0.25) is 14.3 Å². The van der Waals surface area contributed by atoms with E-state index in [-0.39, 0.29) is 11.5 Å². The van der Waals surface area contributed by atoms with E-state index in [4.69, 9.17) is 0 Å². The van der Waals surface area contributed by atoms with Crippen LogP contribution in [0.25, 0.3) is 5.69 Å². The third kappa shape index (κ3) is 3.35. The number of carbonyl (C=O) groups excluding carboxylic acids is 1. The number of aromatic nitrogens is 2. The standard InChI is InChI=1S/C23H29N3O2S/c1-15-21(22(28)26(25(15)2)19-6-4-3-5-7-19)24-20(27)14-29-23-11-16-8-17(12-23)10-18(9-16)13-23/h3-7,16-18H,8-14H2,1-2H3,(H,24,27). The minimum absolute atomic E-state index is 0.0586. The van der Waals surface area contributed by atoms with E-state index in [1.54, 1.807) is 9.36 Å². The van der Waals surface area contributed by atoms with Crippen LogP contribution in [0.1, 0.15) is 44.2 Å². The highest BCUT2D eigenvalue weighted by molar-refractivity contribution is 8.01. The molecule has 1 N–H and O–H groups in total. The molecule has 4 aliphatic rings. The second kappa shape index (κ2) is 7.08. The summed E-state index contributed by atoms with van der Waals surface area (Å²) in [7, 11) is 1.85. The van der Waals surface area contributed by atoms with Crippen LogP contribution in [0.3, 0.4) is 0 Å². The molecule has 29 heavy (non-hydrogen) atoms. The van der Waals surface area contributed by atoms with Gasteiger partial charge in [-0.15, -0.1) is 11.8 Å². The van der Waals surface area contributed by atoms with E-state index in [9.17, 15) is 9.59 Å². The number of hydrogen-bond acceptors (Lipinski definition) is 3. The van der Waals surface area contributed by atoms with Crippen LogP contribution in [0.4, 0.5) is 5.69 Å². The van der Waals surface area contributed by atoms with Crippen molar-refractivity contribution in [3.63, 3.8) is 0 Å². The fraction of sp³-hybridized carbons (Fsp3) is 0.565. The summed E-state index contributed by atoms with van der Waals surface area (Å²) in [6.45, 7) is 1.88. The summed E-state index contributed by atoms with van der Waals surface area (Å²) in [6.07, 6.45) is 8.07. The molecule has 4 saturated carbocycles. The van der Waals surface area contributed by atoms with Gasteiger partial charge in [-0.2, -0.15) is 0 Å². The highest BCUT2D eigenvalue weighted by Crippen LogP contribution is 2.60. The Morgan fingerprint density at radius 3 is 2.28 bits per heavy atom. The van der Waals surface area contributed by atoms with E-state index in [0.29, 0.717) is 16.2 Å². The first-order valence-corrected chi connectivity index (χ1v) is 11.7. The van der Waals surface area contributed by atoms with Crippen molar-refractivity contribution < 1.29 is 4.79 Å². The number of anilines is 1. The van der Waals surface area contributed by atoms with Crippen molar-refractivity contribution >= 4 is 23.4 Å². The maximum absolute atomic E-state index is 13.0. The average Bonchev–Trinajstić information content (AvgIpc) is 2.89. The van der Waals surface area contributed by atoms with Crippen molar-refractivity contribution in [3.8, 4) is 5.69 Å². The minimum Gasteiger partial charge on any atom is -0.319 e. The summed E-state index contributed by atoms with van der Waals surface area (Å²) < 4.78 is 3.72. The van der Waals surface area contributed by atoms with Crippen molar-refractivity contribution in [2.75, 3.05) is 11.1 Å². The summed E-state index contributed by atoms with van der Waals surface area (Å²) in [5.41, 5.74) is 1.79. The summed E-state index contributed by atoms with van der Waals surface area (Å²) in [5, 5.41) is 2.93. The van der Waals surface area contributed by atoms with Gasteiger partial charge in [-0.25, -0.2) is 4.68 Å². The van der Waals surface area contributed by atoms with Crippen molar-refractivity contribution in [2.24, 2.45) is 24.8 Å². The lowest BCUT2D eigenvalue weighted by molar-refractivity contribution is -0.113. The van der Waals surface area contributed by atoms with Gasteiger partial charge in [0.15, 0.2) is 0 Å². The zero-order valence-corrected chi connectivity index (χ0v) is 18.0. The second-order valence-electron chi connectivity index (χ2n) is 9.37. The Hall–Kier alpha value is -1.95. The molecule has 4 bridgehead atoms. The molecule has 1 heterocycles. The average molecular weight is 412 g/mol. The number of hydrogen-bond donors (Lipinski definition) is 1. The molecule has 0 aliphatic heterocycles. The number of rotatable bonds is 5. The maximum atomic E-state index is 13.0. The Kier molecular flexibility index (Phi) is 4.65. The molecule has 154 valence electrons. The van der Waals surface area contributed by atoms with E-state index in [1.165, 1.54) is 38.5 Å². The van der Waals surface area contributed by atoms with Crippen LogP contribution in [0, 0.1) is 24.7 Å². The number of nitrogens with one attached hydrogen (secondary N) is 1. The van der Waals surface area contributed by atoms with Crippen LogP contribution >= 0.6 is 11.8 Å². The Morgan fingerprint density at radius 1 is 1.10 bits per heavy atom. The van der Waals surface area contributed by atoms with Gasteiger partial charge < -0.3 is 5.32 Å². The monoisotopic (exact) mass is 411 g/mol. The predicted molar refractivity (Wildman–Crippen MR) is 118 cm³/mol. The SMILES string of the molecule is Cc1c(NC(=O)CSC23CC4CC(CC(C4)C2)C3)c(=O)n(-c2ccccc2)n1C. The quantitative estimate of drug-likeness (QED) is 0.805.